The highest BCUT2D eigenvalue weighted by atomic mass is 16.7. The average Bonchev–Trinajstić information content (AvgIpc) is 1.87. The van der Waals surface area contributed by atoms with Crippen molar-refractivity contribution in [3.8, 4) is 0 Å². The van der Waals surface area contributed by atoms with Crippen LogP contribution < -0.4 is 0 Å². The number of hydrogen-bond acceptors (Lipinski definition) is 3. The predicted octanol–water partition coefficient (Wildman–Crippen LogP) is 0.980. The summed E-state index contributed by atoms with van der Waals surface area (Å²) < 4.78 is 8.87. The number of carbonyl (C=O) groups excluding carboxylic acids is 1. The van der Waals surface area contributed by atoms with Gasteiger partial charge in [-0.1, -0.05) is 0 Å². The molecule has 0 rings (SSSR count). The summed E-state index contributed by atoms with van der Waals surface area (Å²) in [5.74, 6) is 0. The van der Waals surface area contributed by atoms with Crippen LogP contribution in [0.5, 0.6) is 0 Å². The molecule has 0 spiro atoms. The zero-order valence-electron chi connectivity index (χ0n) is 5.96. The molecular weight excluding hydrogens is 136 g/mol. The Kier molecular flexibility index (Phi) is 5.86. The third-order valence-corrected chi connectivity index (χ3v) is 0.963. The van der Waals surface area contributed by atoms with E-state index in [2.05, 4.69) is 4.74 Å². The van der Waals surface area contributed by atoms with E-state index >= 15 is 0 Å². The molecule has 0 aliphatic rings. The minimum absolute atomic E-state index is 0.200. The lowest BCUT2D eigenvalue weighted by Gasteiger charge is -1.97. The second-order valence-electron chi connectivity index (χ2n) is 1.80. The maximum atomic E-state index is 9.67. The quantitative estimate of drug-likeness (QED) is 0.430. The normalized spacial score (nSPS) is 9.30. The van der Waals surface area contributed by atoms with Crippen LogP contribution in [0.3, 0.4) is 0 Å². The minimum atomic E-state index is -1.46. The Morgan fingerprint density at radius 2 is 1.90 bits per heavy atom. The van der Waals surface area contributed by atoms with E-state index in [0.29, 0.717) is 13.0 Å². The Morgan fingerprint density at radius 3 is 2.40 bits per heavy atom. The fourth-order valence-corrected chi connectivity index (χ4v) is 0.504. The van der Waals surface area contributed by atoms with Crippen LogP contribution in [0.25, 0.3) is 0 Å². The van der Waals surface area contributed by atoms with Gasteiger partial charge >= 0.3 is 6.16 Å². The molecule has 4 nitrogen and oxygen atoms in total. The molecule has 0 heterocycles. The summed E-state index contributed by atoms with van der Waals surface area (Å²) in [5.41, 5.74) is 0. The van der Waals surface area contributed by atoms with Crippen LogP contribution in [0.15, 0.2) is 0 Å². The van der Waals surface area contributed by atoms with E-state index in [1.807, 2.05) is 0 Å². The van der Waals surface area contributed by atoms with Crippen LogP contribution in [0.2, 0.25) is 0 Å². The van der Waals surface area contributed by atoms with Gasteiger partial charge < -0.3 is 9.47 Å². The van der Waals surface area contributed by atoms with Gasteiger partial charge in [-0.05, 0) is 12.8 Å². The lowest BCUT2D eigenvalue weighted by atomic mass is 10.3. The first-order chi connectivity index (χ1) is 4.77. The lowest BCUT2D eigenvalue weighted by Crippen LogP contribution is -2.01. The third-order valence-electron chi connectivity index (χ3n) is 0.963. The van der Waals surface area contributed by atoms with E-state index in [-0.39, 0.29) is 6.61 Å². The zero-order chi connectivity index (χ0) is 7.82. The molecule has 0 aromatic rings. The van der Waals surface area contributed by atoms with Gasteiger partial charge in [0.15, 0.2) is 0 Å². The zero-order valence-corrected chi connectivity index (χ0v) is 5.96. The monoisotopic (exact) mass is 147 g/mol. The molecule has 0 aromatic carbocycles. The molecule has 1 radical (unpaired) electrons. The van der Waals surface area contributed by atoms with Crippen molar-refractivity contribution in [3.05, 3.63) is 0 Å². The molecule has 0 saturated heterocycles. The van der Waals surface area contributed by atoms with Crippen LogP contribution in [0, 0.1) is 0 Å². The minimum Gasteiger partial charge on any atom is -0.432 e. The fraction of sp³-hybridized carbons (Fsp3) is 0.833. The van der Waals surface area contributed by atoms with Crippen molar-refractivity contribution in [1.82, 2.24) is 0 Å². The molecule has 4 heteroatoms. The van der Waals surface area contributed by atoms with Gasteiger partial charge in [-0.2, -0.15) is 9.90 Å². The summed E-state index contributed by atoms with van der Waals surface area (Å²) in [5, 5.41) is 9.67. The van der Waals surface area contributed by atoms with Crippen molar-refractivity contribution in [1.29, 1.82) is 0 Å². The molecule has 0 amide bonds. The highest BCUT2D eigenvalue weighted by Crippen LogP contribution is 1.90. The van der Waals surface area contributed by atoms with Crippen molar-refractivity contribution in [2.45, 2.75) is 12.8 Å². The first-order valence-electron chi connectivity index (χ1n) is 3.10. The van der Waals surface area contributed by atoms with Gasteiger partial charge in [0.1, 0.15) is 0 Å². The molecular formula is C6H11O4. The number of methoxy groups -OCH3 is 1. The van der Waals surface area contributed by atoms with Gasteiger partial charge in [-0.15, -0.1) is 0 Å². The summed E-state index contributed by atoms with van der Waals surface area (Å²) >= 11 is 0. The molecule has 0 unspecified atom stereocenters. The lowest BCUT2D eigenvalue weighted by molar-refractivity contribution is 0.0645. The van der Waals surface area contributed by atoms with Crippen molar-refractivity contribution in [2.75, 3.05) is 20.3 Å². The number of hydrogen-bond donors (Lipinski definition) is 0. The van der Waals surface area contributed by atoms with Gasteiger partial charge in [0.05, 0.1) is 6.61 Å². The second kappa shape index (κ2) is 6.35. The number of carbonyl (C=O) groups is 1. The maximum Gasteiger partial charge on any atom is 0.549 e. The Morgan fingerprint density at radius 1 is 1.30 bits per heavy atom. The molecule has 0 aliphatic carbocycles. The molecule has 0 saturated carbocycles. The first-order valence-corrected chi connectivity index (χ1v) is 3.10. The highest BCUT2D eigenvalue weighted by molar-refractivity contribution is 5.56. The summed E-state index contributed by atoms with van der Waals surface area (Å²) in [6.07, 6.45) is 0.0309. The van der Waals surface area contributed by atoms with Gasteiger partial charge in [0, 0.05) is 13.7 Å². The summed E-state index contributed by atoms with van der Waals surface area (Å²) in [4.78, 5) is 9.67. The van der Waals surface area contributed by atoms with Crippen molar-refractivity contribution >= 4 is 6.16 Å². The molecule has 0 N–H and O–H groups in total. The van der Waals surface area contributed by atoms with E-state index in [9.17, 15) is 9.90 Å². The van der Waals surface area contributed by atoms with E-state index in [1.54, 1.807) is 7.11 Å². The Hall–Kier alpha value is -0.770. The third kappa shape index (κ3) is 7.23. The highest BCUT2D eigenvalue weighted by Gasteiger charge is 1.96. The summed E-state index contributed by atoms with van der Waals surface area (Å²) in [6, 6.07) is 0. The maximum absolute atomic E-state index is 9.67. The van der Waals surface area contributed by atoms with Crippen LogP contribution >= 0.6 is 0 Å². The topological polar surface area (TPSA) is 55.4 Å². The smallest absolute Gasteiger partial charge is 0.432 e. The van der Waals surface area contributed by atoms with Crippen molar-refractivity contribution in [2.24, 2.45) is 0 Å². The van der Waals surface area contributed by atoms with E-state index in [4.69, 9.17) is 4.74 Å². The van der Waals surface area contributed by atoms with E-state index in [0.717, 1.165) is 6.42 Å². The Labute approximate surface area is 59.7 Å². The SMILES string of the molecule is COCCCCOC([O])=O. The fourth-order valence-electron chi connectivity index (χ4n) is 0.504. The van der Waals surface area contributed by atoms with Crippen LogP contribution in [0.1, 0.15) is 12.8 Å². The number of rotatable bonds is 5. The molecule has 0 aromatic heterocycles. The van der Waals surface area contributed by atoms with Crippen LogP contribution in [-0.4, -0.2) is 26.5 Å². The Balaban J connectivity index is 2.84. The number of ether oxygens (including phenoxy) is 2. The molecule has 0 bridgehead atoms. The number of unbranched alkanes of at least 4 members (excludes halogenated alkanes) is 1. The first kappa shape index (κ1) is 9.23. The van der Waals surface area contributed by atoms with Crippen LogP contribution in [-0.2, 0) is 14.6 Å². The van der Waals surface area contributed by atoms with E-state index in [1.165, 1.54) is 0 Å². The Bertz CT molecular complexity index is 91.7. The largest absolute Gasteiger partial charge is 0.549 e. The second-order valence-corrected chi connectivity index (χ2v) is 1.80. The molecule has 0 aliphatic heterocycles. The molecule has 59 valence electrons. The van der Waals surface area contributed by atoms with Gasteiger partial charge in [-0.3, -0.25) is 0 Å². The molecule has 0 atom stereocenters. The summed E-state index contributed by atoms with van der Waals surface area (Å²) in [6.45, 7) is 0.835. The van der Waals surface area contributed by atoms with Crippen molar-refractivity contribution < 1.29 is 19.4 Å². The van der Waals surface area contributed by atoms with Crippen molar-refractivity contribution in [3.63, 3.8) is 0 Å². The van der Waals surface area contributed by atoms with Gasteiger partial charge in [0.25, 0.3) is 0 Å². The van der Waals surface area contributed by atoms with Gasteiger partial charge in [0.2, 0.25) is 0 Å². The standard InChI is InChI=1S/C6H11O4/c1-9-4-2-3-5-10-6(7)8/h2-5H2,1H3. The van der Waals surface area contributed by atoms with E-state index < -0.39 is 6.16 Å². The molecule has 0 fully saturated rings. The average molecular weight is 147 g/mol. The summed E-state index contributed by atoms with van der Waals surface area (Å²) in [7, 11) is 1.60. The van der Waals surface area contributed by atoms with Crippen LogP contribution in [0.4, 0.5) is 4.79 Å². The van der Waals surface area contributed by atoms with Gasteiger partial charge in [-0.25, -0.2) is 0 Å². The molecule has 10 heavy (non-hydrogen) atoms. The predicted molar refractivity (Wildman–Crippen MR) is 33.1 cm³/mol.